The number of fused-ring (bicyclic) bond motifs is 3. The normalized spacial score (nSPS) is 13.6. The minimum Gasteiger partial charge on any atom is -0.497 e. The van der Waals surface area contributed by atoms with Crippen LogP contribution in [-0.4, -0.2) is 25.9 Å². The fraction of sp³-hybridized carbons (Fsp3) is 0.208. The third-order valence-corrected chi connectivity index (χ3v) is 6.27. The summed E-state index contributed by atoms with van der Waals surface area (Å²) in [5, 5.41) is 2.91. The number of rotatable bonds is 5. The molecule has 4 aromatic rings. The second kappa shape index (κ2) is 8.09. The molecule has 2 aromatic heterocycles. The van der Waals surface area contributed by atoms with Crippen LogP contribution in [0.3, 0.4) is 0 Å². The van der Waals surface area contributed by atoms with Crippen molar-refractivity contribution in [2.75, 3.05) is 21.0 Å². The lowest BCUT2D eigenvalue weighted by Gasteiger charge is -2.28. The van der Waals surface area contributed by atoms with E-state index in [4.69, 9.17) is 18.6 Å². The zero-order valence-electron chi connectivity index (χ0n) is 17.2. The second-order valence-electron chi connectivity index (χ2n) is 7.31. The lowest BCUT2D eigenvalue weighted by molar-refractivity contribution is 0.0899. The highest BCUT2D eigenvalue weighted by atomic mass is 32.1. The molecule has 0 unspecified atom stereocenters. The number of benzene rings is 2. The molecule has 3 heterocycles. The first kappa shape index (κ1) is 19.7. The third-order valence-electron chi connectivity index (χ3n) is 5.41. The average Bonchev–Trinajstić information content (AvgIpc) is 3.31. The van der Waals surface area contributed by atoms with Crippen molar-refractivity contribution < 1.29 is 18.6 Å². The van der Waals surface area contributed by atoms with Gasteiger partial charge in [0.15, 0.2) is 0 Å². The van der Waals surface area contributed by atoms with Gasteiger partial charge in [-0.2, -0.15) is 0 Å². The number of hydrogen-bond acceptors (Lipinski definition) is 7. The topological polar surface area (TPSA) is 61.1 Å². The summed E-state index contributed by atoms with van der Waals surface area (Å²) in [5.74, 6) is 1.96. The van der Waals surface area contributed by atoms with Crippen LogP contribution in [0.5, 0.6) is 17.2 Å². The number of hydrogen-bond donors (Lipinski definition) is 0. The monoisotopic (exact) mass is 435 g/mol. The summed E-state index contributed by atoms with van der Waals surface area (Å²) in [6, 6.07) is 15.2. The van der Waals surface area contributed by atoms with Gasteiger partial charge in [-0.3, -0.25) is 4.90 Å². The summed E-state index contributed by atoms with van der Waals surface area (Å²) in [6.07, 6.45) is 0. The van der Waals surface area contributed by atoms with E-state index in [-0.39, 0.29) is 0 Å². The molecule has 0 bridgehead atoms. The molecule has 2 aromatic carbocycles. The van der Waals surface area contributed by atoms with E-state index >= 15 is 0 Å². The first-order valence-electron chi connectivity index (χ1n) is 9.86. The Bertz CT molecular complexity index is 1300. The Hall–Kier alpha value is -3.29. The molecule has 0 amide bonds. The van der Waals surface area contributed by atoms with Crippen molar-refractivity contribution >= 4 is 22.3 Å². The summed E-state index contributed by atoms with van der Waals surface area (Å²) >= 11 is 1.72. The quantitative estimate of drug-likeness (QED) is 0.416. The molecule has 0 atom stereocenters. The SMILES string of the molecule is COc1ccc(-c2cc3ccc4c(c3oc2=O)CN(Cc2cccs2)CO4)c(OC)c1. The summed E-state index contributed by atoms with van der Waals surface area (Å²) in [6.45, 7) is 1.94. The van der Waals surface area contributed by atoms with E-state index in [1.54, 1.807) is 43.8 Å². The molecule has 0 saturated carbocycles. The zero-order chi connectivity index (χ0) is 21.4. The Kier molecular flexibility index (Phi) is 5.13. The molecular weight excluding hydrogens is 414 g/mol. The van der Waals surface area contributed by atoms with E-state index < -0.39 is 5.63 Å². The molecule has 158 valence electrons. The van der Waals surface area contributed by atoms with Crippen LogP contribution in [0, 0.1) is 0 Å². The summed E-state index contributed by atoms with van der Waals surface area (Å²) < 4.78 is 22.5. The lowest BCUT2D eigenvalue weighted by Crippen LogP contribution is -2.31. The van der Waals surface area contributed by atoms with E-state index in [2.05, 4.69) is 16.3 Å². The van der Waals surface area contributed by atoms with Crippen molar-refractivity contribution in [1.29, 1.82) is 0 Å². The smallest absolute Gasteiger partial charge is 0.344 e. The van der Waals surface area contributed by atoms with Gasteiger partial charge >= 0.3 is 5.63 Å². The highest BCUT2D eigenvalue weighted by Crippen LogP contribution is 2.36. The van der Waals surface area contributed by atoms with Crippen molar-refractivity contribution in [3.05, 3.63) is 74.8 Å². The molecule has 0 spiro atoms. The highest BCUT2D eigenvalue weighted by Gasteiger charge is 2.23. The lowest BCUT2D eigenvalue weighted by atomic mass is 10.0. The van der Waals surface area contributed by atoms with Crippen molar-refractivity contribution in [1.82, 2.24) is 4.90 Å². The maximum Gasteiger partial charge on any atom is 0.344 e. The molecule has 31 heavy (non-hydrogen) atoms. The van der Waals surface area contributed by atoms with Gasteiger partial charge in [0.2, 0.25) is 0 Å². The summed E-state index contributed by atoms with van der Waals surface area (Å²) in [5.41, 5.74) is 2.14. The van der Waals surface area contributed by atoms with Crippen LogP contribution in [-0.2, 0) is 13.1 Å². The molecule has 6 nitrogen and oxygen atoms in total. The van der Waals surface area contributed by atoms with Gasteiger partial charge in [-0.25, -0.2) is 4.79 Å². The van der Waals surface area contributed by atoms with E-state index in [1.165, 1.54) is 4.88 Å². The zero-order valence-corrected chi connectivity index (χ0v) is 18.0. The maximum absolute atomic E-state index is 13.0. The van der Waals surface area contributed by atoms with Crippen LogP contribution in [0.25, 0.3) is 22.1 Å². The number of methoxy groups -OCH3 is 2. The van der Waals surface area contributed by atoms with Crippen LogP contribution in [0.15, 0.2) is 63.1 Å². The Morgan fingerprint density at radius 1 is 1.06 bits per heavy atom. The van der Waals surface area contributed by atoms with Crippen molar-refractivity contribution in [2.24, 2.45) is 0 Å². The van der Waals surface area contributed by atoms with E-state index in [9.17, 15) is 4.79 Å². The minimum atomic E-state index is -0.417. The van der Waals surface area contributed by atoms with Gasteiger partial charge in [-0.1, -0.05) is 6.07 Å². The Balaban J connectivity index is 1.56. The van der Waals surface area contributed by atoms with Crippen LogP contribution in [0.2, 0.25) is 0 Å². The van der Waals surface area contributed by atoms with Gasteiger partial charge < -0.3 is 18.6 Å². The van der Waals surface area contributed by atoms with Crippen LogP contribution < -0.4 is 19.8 Å². The number of nitrogens with zero attached hydrogens (tertiary/aromatic N) is 1. The van der Waals surface area contributed by atoms with E-state index in [0.717, 1.165) is 23.2 Å². The largest absolute Gasteiger partial charge is 0.497 e. The average molecular weight is 436 g/mol. The number of ether oxygens (including phenoxy) is 3. The molecule has 0 N–H and O–H groups in total. The molecule has 0 radical (unpaired) electrons. The number of thiophene rings is 1. The van der Waals surface area contributed by atoms with Crippen LogP contribution in [0.4, 0.5) is 0 Å². The Morgan fingerprint density at radius 2 is 1.97 bits per heavy atom. The van der Waals surface area contributed by atoms with Crippen molar-refractivity contribution in [2.45, 2.75) is 13.1 Å². The molecule has 0 fully saturated rings. The molecular formula is C24H21NO5S. The summed E-state index contributed by atoms with van der Waals surface area (Å²) in [4.78, 5) is 16.4. The van der Waals surface area contributed by atoms with Crippen molar-refractivity contribution in [3.63, 3.8) is 0 Å². The molecule has 1 aliphatic heterocycles. The predicted octanol–water partition coefficient (Wildman–Crippen LogP) is 4.89. The minimum absolute atomic E-state index is 0.417. The fourth-order valence-corrected chi connectivity index (χ4v) is 4.62. The molecule has 1 aliphatic rings. The van der Waals surface area contributed by atoms with Gasteiger partial charge in [0.1, 0.15) is 29.6 Å². The molecule has 7 heteroatoms. The van der Waals surface area contributed by atoms with Gasteiger partial charge in [0.25, 0.3) is 0 Å². The van der Waals surface area contributed by atoms with E-state index in [0.29, 0.717) is 41.5 Å². The first-order valence-corrected chi connectivity index (χ1v) is 10.7. The Morgan fingerprint density at radius 3 is 2.74 bits per heavy atom. The highest BCUT2D eigenvalue weighted by molar-refractivity contribution is 7.09. The van der Waals surface area contributed by atoms with Gasteiger partial charge in [0.05, 0.1) is 25.3 Å². The van der Waals surface area contributed by atoms with E-state index in [1.807, 2.05) is 24.3 Å². The summed E-state index contributed by atoms with van der Waals surface area (Å²) in [7, 11) is 3.16. The van der Waals surface area contributed by atoms with Gasteiger partial charge in [-0.05, 0) is 41.8 Å². The van der Waals surface area contributed by atoms with Crippen LogP contribution in [0.1, 0.15) is 10.4 Å². The second-order valence-corrected chi connectivity index (χ2v) is 8.35. The fourth-order valence-electron chi connectivity index (χ4n) is 3.87. The van der Waals surface area contributed by atoms with Crippen LogP contribution >= 0.6 is 11.3 Å². The van der Waals surface area contributed by atoms with Gasteiger partial charge in [-0.15, -0.1) is 11.3 Å². The third kappa shape index (κ3) is 3.66. The predicted molar refractivity (Wildman–Crippen MR) is 120 cm³/mol. The first-order chi connectivity index (χ1) is 15.2. The Labute approximate surface area is 183 Å². The molecule has 0 aliphatic carbocycles. The standard InChI is InChI=1S/C24H21NO5S/c1-27-16-6-7-18(22(11-16)28-2)19-10-15-5-8-21-20(23(15)30-24(19)26)13-25(14-29-21)12-17-4-3-9-31-17/h3-11H,12-14H2,1-2H3. The van der Waals surface area contributed by atoms with Gasteiger partial charge in [0, 0.05) is 35.0 Å². The maximum atomic E-state index is 13.0. The molecule has 0 saturated heterocycles. The van der Waals surface area contributed by atoms with Crippen molar-refractivity contribution in [3.8, 4) is 28.4 Å². The molecule has 5 rings (SSSR count).